The van der Waals surface area contributed by atoms with Crippen LogP contribution in [0.2, 0.25) is 0 Å². The Hall–Kier alpha value is -1.91. The Kier molecular flexibility index (Phi) is 2.97. The Morgan fingerprint density at radius 2 is 2.00 bits per heavy atom. The molecule has 5 heteroatoms. The van der Waals surface area contributed by atoms with Crippen molar-refractivity contribution in [2.75, 3.05) is 5.73 Å². The van der Waals surface area contributed by atoms with E-state index in [1.54, 1.807) is 12.1 Å². The molecule has 3 rings (SSSR count). The number of aromatic nitrogens is 3. The van der Waals surface area contributed by atoms with E-state index in [9.17, 15) is 4.39 Å². The molecule has 2 N–H and O–H groups in total. The van der Waals surface area contributed by atoms with E-state index in [1.807, 2.05) is 6.92 Å². The summed E-state index contributed by atoms with van der Waals surface area (Å²) in [6.45, 7) is 1.92. The summed E-state index contributed by atoms with van der Waals surface area (Å²) >= 11 is 0. The maximum Gasteiger partial charge on any atom is 0.167 e. The molecule has 100 valence electrons. The van der Waals surface area contributed by atoms with Crippen molar-refractivity contribution in [3.63, 3.8) is 0 Å². The summed E-state index contributed by atoms with van der Waals surface area (Å²) in [5.74, 6) is 1.12. The minimum Gasteiger partial charge on any atom is -0.399 e. The molecule has 0 radical (unpaired) electrons. The van der Waals surface area contributed by atoms with Crippen LogP contribution in [-0.4, -0.2) is 14.8 Å². The van der Waals surface area contributed by atoms with Crippen LogP contribution in [0.25, 0.3) is 11.4 Å². The fourth-order valence-electron chi connectivity index (χ4n) is 2.87. The molecular weight excluding hydrogens is 243 g/mol. The Balaban J connectivity index is 2.12. The summed E-state index contributed by atoms with van der Waals surface area (Å²) in [6.07, 6.45) is 4.63. The van der Waals surface area contributed by atoms with Crippen LogP contribution in [0.15, 0.2) is 18.2 Å². The first-order valence-corrected chi connectivity index (χ1v) is 6.63. The molecule has 1 aliphatic rings. The molecule has 1 aromatic heterocycles. The summed E-state index contributed by atoms with van der Waals surface area (Å²) in [7, 11) is 0. The van der Waals surface area contributed by atoms with Crippen LogP contribution in [0.3, 0.4) is 0 Å². The average molecular weight is 260 g/mol. The van der Waals surface area contributed by atoms with Gasteiger partial charge in [0.25, 0.3) is 0 Å². The van der Waals surface area contributed by atoms with Gasteiger partial charge in [-0.1, -0.05) is 12.8 Å². The van der Waals surface area contributed by atoms with Gasteiger partial charge >= 0.3 is 0 Å². The molecule has 1 heterocycles. The van der Waals surface area contributed by atoms with Crippen LogP contribution in [0.1, 0.15) is 37.5 Å². The van der Waals surface area contributed by atoms with E-state index in [2.05, 4.69) is 14.8 Å². The molecule has 0 aliphatic heterocycles. The highest BCUT2D eigenvalue weighted by molar-refractivity contribution is 5.62. The highest BCUT2D eigenvalue weighted by atomic mass is 19.1. The van der Waals surface area contributed by atoms with E-state index in [4.69, 9.17) is 5.73 Å². The van der Waals surface area contributed by atoms with Gasteiger partial charge in [0.2, 0.25) is 0 Å². The van der Waals surface area contributed by atoms with Gasteiger partial charge in [0.05, 0.1) is 5.56 Å². The van der Waals surface area contributed by atoms with Crippen LogP contribution in [0.4, 0.5) is 10.1 Å². The zero-order chi connectivity index (χ0) is 13.4. The molecule has 1 aromatic carbocycles. The lowest BCUT2D eigenvalue weighted by molar-refractivity contribution is 0.508. The number of benzene rings is 1. The molecule has 1 saturated carbocycles. The molecule has 0 unspecified atom stereocenters. The van der Waals surface area contributed by atoms with Crippen molar-refractivity contribution in [3.8, 4) is 11.4 Å². The van der Waals surface area contributed by atoms with Crippen molar-refractivity contribution in [3.05, 3.63) is 29.8 Å². The first kappa shape index (κ1) is 12.1. The predicted molar refractivity (Wildman–Crippen MR) is 72.1 cm³/mol. The molecule has 0 atom stereocenters. The van der Waals surface area contributed by atoms with E-state index in [0.717, 1.165) is 18.7 Å². The number of nitrogens with zero attached hydrogens (tertiary/aromatic N) is 3. The SMILES string of the molecule is Cc1nnc(-c2cc(N)ccc2F)n1C1CCCC1. The summed E-state index contributed by atoms with van der Waals surface area (Å²) in [5.41, 5.74) is 6.73. The lowest BCUT2D eigenvalue weighted by Crippen LogP contribution is -2.09. The minimum absolute atomic E-state index is 0.305. The molecule has 4 nitrogen and oxygen atoms in total. The van der Waals surface area contributed by atoms with Crippen molar-refractivity contribution in [1.29, 1.82) is 0 Å². The number of hydrogen-bond donors (Lipinski definition) is 1. The molecule has 19 heavy (non-hydrogen) atoms. The van der Waals surface area contributed by atoms with E-state index < -0.39 is 0 Å². The standard InChI is InChI=1S/C14H17FN4/c1-9-17-18-14(19(9)11-4-2-3-5-11)12-8-10(16)6-7-13(12)15/h6-8,11H,2-5,16H2,1H3. The Labute approximate surface area is 111 Å². The van der Waals surface area contributed by atoms with Crippen LogP contribution in [-0.2, 0) is 0 Å². The van der Waals surface area contributed by atoms with Crippen LogP contribution in [0, 0.1) is 12.7 Å². The molecule has 1 aliphatic carbocycles. The fraction of sp³-hybridized carbons (Fsp3) is 0.429. The predicted octanol–water partition coefficient (Wildman–Crippen LogP) is 3.09. The van der Waals surface area contributed by atoms with Crippen LogP contribution in [0.5, 0.6) is 0 Å². The van der Waals surface area contributed by atoms with Gasteiger partial charge in [-0.3, -0.25) is 0 Å². The quantitative estimate of drug-likeness (QED) is 0.844. The van der Waals surface area contributed by atoms with Gasteiger partial charge in [-0.15, -0.1) is 10.2 Å². The molecule has 0 bridgehead atoms. The van der Waals surface area contributed by atoms with Crippen molar-refractivity contribution >= 4 is 5.69 Å². The number of nitrogens with two attached hydrogens (primary N) is 1. The summed E-state index contributed by atoms with van der Waals surface area (Å²) in [5, 5.41) is 8.26. The number of aryl methyl sites for hydroxylation is 1. The van der Waals surface area contributed by atoms with Gasteiger partial charge in [-0.2, -0.15) is 0 Å². The number of hydrogen-bond acceptors (Lipinski definition) is 3. The highest BCUT2D eigenvalue weighted by Crippen LogP contribution is 2.34. The maximum absolute atomic E-state index is 14.0. The van der Waals surface area contributed by atoms with Crippen molar-refractivity contribution in [2.45, 2.75) is 38.6 Å². The summed E-state index contributed by atoms with van der Waals surface area (Å²) < 4.78 is 16.1. The second-order valence-corrected chi connectivity index (χ2v) is 5.12. The molecule has 2 aromatic rings. The monoisotopic (exact) mass is 260 g/mol. The summed E-state index contributed by atoms with van der Waals surface area (Å²) in [4.78, 5) is 0. The molecule has 0 spiro atoms. The maximum atomic E-state index is 14.0. The smallest absolute Gasteiger partial charge is 0.167 e. The third-order valence-corrected chi connectivity index (χ3v) is 3.79. The Bertz CT molecular complexity index is 599. The van der Waals surface area contributed by atoms with E-state index in [-0.39, 0.29) is 5.82 Å². The Morgan fingerprint density at radius 1 is 1.26 bits per heavy atom. The fourth-order valence-corrected chi connectivity index (χ4v) is 2.87. The minimum atomic E-state index is -0.305. The van der Waals surface area contributed by atoms with Gasteiger partial charge < -0.3 is 10.3 Å². The van der Waals surface area contributed by atoms with Gasteiger partial charge in [0.15, 0.2) is 5.82 Å². The zero-order valence-corrected chi connectivity index (χ0v) is 10.9. The first-order chi connectivity index (χ1) is 9.16. The van der Waals surface area contributed by atoms with Gasteiger partial charge in [-0.05, 0) is 38.0 Å². The molecular formula is C14H17FN4. The van der Waals surface area contributed by atoms with E-state index in [1.165, 1.54) is 18.9 Å². The largest absolute Gasteiger partial charge is 0.399 e. The van der Waals surface area contributed by atoms with Gasteiger partial charge in [0, 0.05) is 11.7 Å². The van der Waals surface area contributed by atoms with E-state index >= 15 is 0 Å². The average Bonchev–Trinajstić information content (AvgIpc) is 3.01. The second-order valence-electron chi connectivity index (χ2n) is 5.12. The topological polar surface area (TPSA) is 56.7 Å². The first-order valence-electron chi connectivity index (χ1n) is 6.63. The van der Waals surface area contributed by atoms with Crippen molar-refractivity contribution in [2.24, 2.45) is 0 Å². The number of anilines is 1. The van der Waals surface area contributed by atoms with Crippen LogP contribution < -0.4 is 5.73 Å². The molecule has 1 fully saturated rings. The normalized spacial score (nSPS) is 16.1. The number of nitrogen functional groups attached to an aromatic ring is 1. The highest BCUT2D eigenvalue weighted by Gasteiger charge is 2.24. The second kappa shape index (κ2) is 4.64. The lowest BCUT2D eigenvalue weighted by atomic mass is 10.1. The number of rotatable bonds is 2. The van der Waals surface area contributed by atoms with Crippen molar-refractivity contribution < 1.29 is 4.39 Å². The lowest BCUT2D eigenvalue weighted by Gasteiger charge is -2.16. The third kappa shape index (κ3) is 2.09. The van der Waals surface area contributed by atoms with Gasteiger partial charge in [-0.25, -0.2) is 4.39 Å². The van der Waals surface area contributed by atoms with Crippen molar-refractivity contribution in [1.82, 2.24) is 14.8 Å². The zero-order valence-electron chi connectivity index (χ0n) is 10.9. The van der Waals surface area contributed by atoms with Crippen LogP contribution >= 0.6 is 0 Å². The third-order valence-electron chi connectivity index (χ3n) is 3.79. The number of halogens is 1. The van der Waals surface area contributed by atoms with E-state index in [0.29, 0.717) is 23.1 Å². The summed E-state index contributed by atoms with van der Waals surface area (Å²) in [6, 6.07) is 4.95. The van der Waals surface area contributed by atoms with Gasteiger partial charge in [0.1, 0.15) is 11.6 Å². The molecule has 0 saturated heterocycles. The molecule has 0 amide bonds. The Morgan fingerprint density at radius 3 is 2.74 bits per heavy atom.